The molecule has 0 spiro atoms. The van der Waals surface area contributed by atoms with Gasteiger partial charge in [-0.25, -0.2) is 9.78 Å². The van der Waals surface area contributed by atoms with E-state index in [1.807, 2.05) is 12.1 Å². The van der Waals surface area contributed by atoms with Crippen molar-refractivity contribution in [2.24, 2.45) is 7.05 Å². The first-order valence-corrected chi connectivity index (χ1v) is 8.66. The molecule has 1 amide bonds. The number of halogens is 1. The van der Waals surface area contributed by atoms with E-state index in [-0.39, 0.29) is 17.6 Å². The van der Waals surface area contributed by atoms with Crippen LogP contribution in [0.25, 0.3) is 10.9 Å². The van der Waals surface area contributed by atoms with Crippen LogP contribution in [0.2, 0.25) is 0 Å². The summed E-state index contributed by atoms with van der Waals surface area (Å²) in [5, 5.41) is 15.3. The number of anilines is 1. The largest absolute Gasteiger partial charge is 0.465 e. The van der Waals surface area contributed by atoms with Crippen LogP contribution in [0, 0.1) is 0 Å². The third kappa shape index (κ3) is 3.38. The summed E-state index contributed by atoms with van der Waals surface area (Å²) in [5.41, 5.74) is 0.513. The Morgan fingerprint density at radius 2 is 2.12 bits per heavy atom. The average molecular weight is 395 g/mol. The zero-order valence-corrected chi connectivity index (χ0v) is 14.8. The minimum atomic E-state index is -0.999. The first-order valence-electron chi connectivity index (χ1n) is 7.87. The fourth-order valence-corrected chi connectivity index (χ4v) is 3.65. The highest BCUT2D eigenvalue weighted by Crippen LogP contribution is 2.24. The summed E-state index contributed by atoms with van der Waals surface area (Å²) in [5.74, 6) is 0.500. The maximum Gasteiger partial charge on any atom is 0.404 e. The van der Waals surface area contributed by atoms with Crippen molar-refractivity contribution in [1.29, 1.82) is 0 Å². The van der Waals surface area contributed by atoms with E-state index < -0.39 is 6.09 Å². The van der Waals surface area contributed by atoms with Crippen LogP contribution in [-0.4, -0.2) is 32.8 Å². The molecule has 2 unspecified atom stereocenters. The van der Waals surface area contributed by atoms with E-state index in [4.69, 9.17) is 5.11 Å². The van der Waals surface area contributed by atoms with Crippen molar-refractivity contribution in [3.8, 4) is 0 Å². The third-order valence-corrected chi connectivity index (χ3v) is 5.03. The number of nitrogens with one attached hydrogen (secondary N) is 2. The number of carbonyl (C=O) groups is 1. The number of amides is 1. The van der Waals surface area contributed by atoms with Gasteiger partial charge in [0.05, 0.1) is 10.9 Å². The standard InChI is InChI=1S/C16H19BrN4O3/c1-21-14(22)11-6-3-7-12(17)13(11)20-15(21)18-9-4-2-5-10(8-9)19-16(23)24/h3,6-7,9-10,19H,2,4-5,8H2,1H3,(H,18,20)(H,23,24). The predicted molar refractivity (Wildman–Crippen MR) is 95.5 cm³/mol. The van der Waals surface area contributed by atoms with E-state index in [0.29, 0.717) is 23.3 Å². The summed E-state index contributed by atoms with van der Waals surface area (Å²) in [7, 11) is 1.69. The molecule has 0 bridgehead atoms. The molecule has 3 rings (SSSR count). The molecule has 128 valence electrons. The lowest BCUT2D eigenvalue weighted by atomic mass is 9.91. The summed E-state index contributed by atoms with van der Waals surface area (Å²) in [6.07, 6.45) is 2.35. The second-order valence-corrected chi connectivity index (χ2v) is 6.94. The van der Waals surface area contributed by atoms with Crippen molar-refractivity contribution in [3.05, 3.63) is 33.0 Å². The van der Waals surface area contributed by atoms with Gasteiger partial charge in [-0.2, -0.15) is 0 Å². The smallest absolute Gasteiger partial charge is 0.404 e. The Morgan fingerprint density at radius 1 is 1.38 bits per heavy atom. The molecule has 1 aliphatic rings. The number of carboxylic acid groups (broad SMARTS) is 1. The summed E-state index contributed by atoms with van der Waals surface area (Å²) < 4.78 is 2.28. The highest BCUT2D eigenvalue weighted by Gasteiger charge is 2.24. The van der Waals surface area contributed by atoms with Crippen molar-refractivity contribution >= 4 is 38.9 Å². The number of hydrogen-bond donors (Lipinski definition) is 3. The van der Waals surface area contributed by atoms with Crippen LogP contribution in [-0.2, 0) is 7.05 Å². The van der Waals surface area contributed by atoms with Gasteiger partial charge in [-0.15, -0.1) is 0 Å². The molecule has 1 aliphatic carbocycles. The third-order valence-electron chi connectivity index (χ3n) is 4.39. The van der Waals surface area contributed by atoms with Gasteiger partial charge in [0, 0.05) is 23.6 Å². The molecule has 0 saturated heterocycles. The zero-order valence-electron chi connectivity index (χ0n) is 13.3. The molecule has 0 radical (unpaired) electrons. The van der Waals surface area contributed by atoms with E-state index in [1.54, 1.807) is 13.1 Å². The minimum Gasteiger partial charge on any atom is -0.465 e. The molecule has 2 aromatic rings. The molecule has 1 saturated carbocycles. The predicted octanol–water partition coefficient (Wildman–Crippen LogP) is 2.69. The topological polar surface area (TPSA) is 96.2 Å². The van der Waals surface area contributed by atoms with Crippen LogP contribution in [0.5, 0.6) is 0 Å². The Hall–Kier alpha value is -2.09. The van der Waals surface area contributed by atoms with Crippen molar-refractivity contribution in [3.63, 3.8) is 0 Å². The number of nitrogens with zero attached hydrogens (tertiary/aromatic N) is 2. The molecule has 1 aromatic carbocycles. The van der Waals surface area contributed by atoms with Crippen molar-refractivity contribution in [2.45, 2.75) is 37.8 Å². The van der Waals surface area contributed by atoms with E-state index in [1.165, 1.54) is 4.57 Å². The Morgan fingerprint density at radius 3 is 2.88 bits per heavy atom. The van der Waals surface area contributed by atoms with Gasteiger partial charge in [-0.3, -0.25) is 9.36 Å². The maximum absolute atomic E-state index is 12.5. The molecule has 7 nitrogen and oxygen atoms in total. The Labute approximate surface area is 147 Å². The van der Waals surface area contributed by atoms with Gasteiger partial charge in [0.2, 0.25) is 5.95 Å². The van der Waals surface area contributed by atoms with Crippen LogP contribution in [0.1, 0.15) is 25.7 Å². The minimum absolute atomic E-state index is 0.0713. The van der Waals surface area contributed by atoms with E-state index >= 15 is 0 Å². The summed E-state index contributed by atoms with van der Waals surface area (Å²) >= 11 is 3.44. The van der Waals surface area contributed by atoms with Gasteiger partial charge in [-0.05, 0) is 53.7 Å². The van der Waals surface area contributed by atoms with Gasteiger partial charge in [0.25, 0.3) is 5.56 Å². The monoisotopic (exact) mass is 394 g/mol. The number of aromatic nitrogens is 2. The van der Waals surface area contributed by atoms with Gasteiger partial charge < -0.3 is 15.7 Å². The van der Waals surface area contributed by atoms with E-state index in [9.17, 15) is 9.59 Å². The maximum atomic E-state index is 12.5. The van der Waals surface area contributed by atoms with Gasteiger partial charge in [0.15, 0.2) is 0 Å². The number of rotatable bonds is 3. The molecule has 8 heteroatoms. The fourth-order valence-electron chi connectivity index (χ4n) is 3.20. The Balaban J connectivity index is 1.87. The Kier molecular flexibility index (Phi) is 4.75. The number of para-hydroxylation sites is 1. The molecular formula is C16H19BrN4O3. The molecule has 1 fully saturated rings. The molecule has 2 atom stereocenters. The van der Waals surface area contributed by atoms with Crippen molar-refractivity contribution < 1.29 is 9.90 Å². The van der Waals surface area contributed by atoms with Crippen LogP contribution in [0.4, 0.5) is 10.7 Å². The molecule has 0 aliphatic heterocycles. The quantitative estimate of drug-likeness (QED) is 0.743. The highest BCUT2D eigenvalue weighted by molar-refractivity contribution is 9.10. The second-order valence-electron chi connectivity index (χ2n) is 6.09. The lowest BCUT2D eigenvalue weighted by Gasteiger charge is -2.30. The van der Waals surface area contributed by atoms with Gasteiger partial charge in [0.1, 0.15) is 0 Å². The number of benzene rings is 1. The Bertz CT molecular complexity index is 836. The van der Waals surface area contributed by atoms with Crippen LogP contribution >= 0.6 is 15.9 Å². The first kappa shape index (κ1) is 16.8. The summed E-state index contributed by atoms with van der Waals surface area (Å²) in [6.45, 7) is 0. The average Bonchev–Trinajstić information content (AvgIpc) is 2.53. The van der Waals surface area contributed by atoms with Crippen molar-refractivity contribution in [1.82, 2.24) is 14.9 Å². The van der Waals surface area contributed by atoms with Gasteiger partial charge >= 0.3 is 6.09 Å². The van der Waals surface area contributed by atoms with E-state index in [2.05, 4.69) is 31.5 Å². The fraction of sp³-hybridized carbons (Fsp3) is 0.438. The summed E-state index contributed by atoms with van der Waals surface area (Å²) in [6, 6.07) is 5.43. The molecule has 1 aromatic heterocycles. The van der Waals surface area contributed by atoms with E-state index in [0.717, 1.165) is 23.7 Å². The lowest BCUT2D eigenvalue weighted by Crippen LogP contribution is -2.41. The summed E-state index contributed by atoms with van der Waals surface area (Å²) in [4.78, 5) is 27.9. The van der Waals surface area contributed by atoms with Crippen LogP contribution in [0.3, 0.4) is 0 Å². The lowest BCUT2D eigenvalue weighted by molar-refractivity contribution is 0.185. The molecular weight excluding hydrogens is 376 g/mol. The van der Waals surface area contributed by atoms with Crippen LogP contribution in [0.15, 0.2) is 27.5 Å². The molecule has 3 N–H and O–H groups in total. The van der Waals surface area contributed by atoms with Gasteiger partial charge in [-0.1, -0.05) is 6.07 Å². The number of hydrogen-bond acceptors (Lipinski definition) is 4. The number of fused-ring (bicyclic) bond motifs is 1. The normalized spacial score (nSPS) is 20.8. The molecule has 1 heterocycles. The van der Waals surface area contributed by atoms with Crippen LogP contribution < -0.4 is 16.2 Å². The molecule has 24 heavy (non-hydrogen) atoms. The highest BCUT2D eigenvalue weighted by atomic mass is 79.9. The van der Waals surface area contributed by atoms with Crippen molar-refractivity contribution in [2.75, 3.05) is 5.32 Å². The SMILES string of the molecule is Cn1c(NC2CCCC(NC(=O)O)C2)nc2c(Br)cccc2c1=O. The second kappa shape index (κ2) is 6.80. The zero-order chi connectivity index (χ0) is 17.3. The first-order chi connectivity index (χ1) is 11.5.